The number of hydrogen-bond acceptors (Lipinski definition) is 6. The molecule has 0 spiro atoms. The summed E-state index contributed by atoms with van der Waals surface area (Å²) in [4.78, 5) is 15.2. The van der Waals surface area contributed by atoms with Crippen LogP contribution in [0.25, 0.3) is 41.2 Å². The fourth-order valence-electron chi connectivity index (χ4n) is 5.31. The number of fused-ring (bicyclic) bond motifs is 6. The van der Waals surface area contributed by atoms with E-state index in [-0.39, 0.29) is 54.5 Å². The first-order valence-electron chi connectivity index (χ1n) is 15.8. The summed E-state index contributed by atoms with van der Waals surface area (Å²) in [7, 11) is 8.24. The number of halogens is 4. The zero-order valence-corrected chi connectivity index (χ0v) is 34.0. The molecular weight excluding hydrogens is 837 g/mol. The molecule has 1 aliphatic carbocycles. The molecule has 0 amide bonds. The van der Waals surface area contributed by atoms with Gasteiger partial charge in [0.15, 0.2) is 0 Å². The molecule has 3 heterocycles. The molecule has 5 aromatic carbocycles. The Morgan fingerprint density at radius 2 is 1.16 bits per heavy atom. The molecule has 0 unspecified atom stereocenters. The largest absolute Gasteiger partial charge is 1.00 e. The molecule has 0 atom stereocenters. The van der Waals surface area contributed by atoms with Gasteiger partial charge in [0.1, 0.15) is 25.1 Å². The number of para-hydroxylation sites is 2. The summed E-state index contributed by atoms with van der Waals surface area (Å²) in [5.41, 5.74) is 7.66. The van der Waals surface area contributed by atoms with Crippen LogP contribution in [-0.2, 0) is 0 Å². The van der Waals surface area contributed by atoms with Crippen molar-refractivity contribution in [2.45, 2.75) is 39.5 Å². The maximum Gasteiger partial charge on any atom is 0.258 e. The monoisotopic (exact) mass is 883 g/mol. The van der Waals surface area contributed by atoms with Crippen LogP contribution in [0.4, 0.5) is 17.1 Å². The third kappa shape index (κ3) is 11.7. The lowest BCUT2D eigenvalue weighted by molar-refractivity contribution is -0.001000. The Balaban J connectivity index is 0.000000404. The lowest BCUT2D eigenvalue weighted by Crippen LogP contribution is -3.00. The average molecular weight is 886 g/mol. The Hall–Kier alpha value is -3.73. The SMILES string of the molecule is C.C.C.C.CN(C)c1ccc2nc3ccc(=[N+](C)C)cc-3sc2c1.Clc1ccc2nc3ccc(Cl)cc3[s+]c2c1.[Cl-].[Cl-].c1ccc2c(c1)Nc1ccccc1S2. The normalized spacial score (nSPS) is 10.2. The summed E-state index contributed by atoms with van der Waals surface area (Å²) in [6, 6.07) is 41.0. The number of anilines is 3. The third-order valence-corrected chi connectivity index (χ3v) is 11.8. The van der Waals surface area contributed by atoms with E-state index >= 15 is 0 Å². The molecule has 0 saturated heterocycles. The second-order valence-electron chi connectivity index (χ2n) is 12.0. The predicted molar refractivity (Wildman–Crippen MR) is 246 cm³/mol. The maximum absolute atomic E-state index is 5.95. The molecule has 5 nitrogen and oxygen atoms in total. The maximum atomic E-state index is 5.95. The van der Waals surface area contributed by atoms with Gasteiger partial charge in [-0.3, -0.25) is 0 Å². The first-order chi connectivity index (χ1) is 24.2. The number of nitrogens with one attached hydrogen (secondary N) is 1. The predicted octanol–water partition coefficient (Wildman–Crippen LogP) is 7.98. The molecular formula is C44H49Cl4N5S3. The van der Waals surface area contributed by atoms with Crippen molar-refractivity contribution in [1.29, 1.82) is 0 Å². The zero-order valence-electron chi connectivity index (χ0n) is 28.6. The first kappa shape index (κ1) is 50.3. The van der Waals surface area contributed by atoms with E-state index in [4.69, 9.17) is 28.2 Å². The van der Waals surface area contributed by atoms with Crippen LogP contribution in [0.5, 0.6) is 0 Å². The first-order valence-corrected chi connectivity index (χ1v) is 19.0. The fourth-order valence-corrected chi connectivity index (χ4v) is 8.85. The lowest BCUT2D eigenvalue weighted by atomic mass is 10.2. The number of benzene rings is 6. The van der Waals surface area contributed by atoms with Crippen LogP contribution in [-0.4, -0.2) is 38.2 Å². The lowest BCUT2D eigenvalue weighted by Gasteiger charge is -2.19. The van der Waals surface area contributed by atoms with Gasteiger partial charge in [-0.25, -0.2) is 14.5 Å². The fraction of sp³-hybridized carbons (Fsp3) is 0.182. The smallest absolute Gasteiger partial charge is 0.258 e. The highest BCUT2D eigenvalue weighted by Gasteiger charge is 2.15. The van der Waals surface area contributed by atoms with Gasteiger partial charge in [0.05, 0.1) is 32.2 Å². The standard InChI is InChI=1S/C16H18N3S.C12H6Cl2NS.C12H9NS.4CH4.2ClH/c1-18(2)11-5-7-13-15(9-11)20-16-10-12(19(3)4)6-8-14(16)17-13;13-7-1-3-9-11(5-7)16-12-6-8(14)2-4-10(12)15-9;1-3-7-11-9(5-1)13-10-6-2-4-8-12(10)14-11;;;;;;/h5-10H,1-4H3;1-6H;1-8,13H;4*1H4;2*1H/q2*+1;;;;;;;/p-2. The van der Waals surface area contributed by atoms with Crippen LogP contribution in [0.1, 0.15) is 29.7 Å². The third-order valence-electron chi connectivity index (χ3n) is 7.95. The Bertz CT molecular complexity index is 2410. The molecule has 6 aromatic rings. The van der Waals surface area contributed by atoms with Crippen molar-refractivity contribution in [1.82, 2.24) is 14.5 Å². The second-order valence-corrected chi connectivity index (χ2v) is 16.1. The van der Waals surface area contributed by atoms with Crippen LogP contribution in [0.3, 0.4) is 0 Å². The van der Waals surface area contributed by atoms with Gasteiger partial charge in [0, 0.05) is 63.9 Å². The molecule has 296 valence electrons. The van der Waals surface area contributed by atoms with Crippen LogP contribution in [0.15, 0.2) is 131 Å². The van der Waals surface area contributed by atoms with Crippen LogP contribution in [0, 0.1) is 0 Å². The molecule has 1 aromatic heterocycles. The molecule has 0 saturated carbocycles. The van der Waals surface area contributed by atoms with Gasteiger partial charge in [0.25, 0.3) is 9.40 Å². The molecule has 0 radical (unpaired) electrons. The van der Waals surface area contributed by atoms with Gasteiger partial charge in [-0.15, -0.1) is 11.3 Å². The summed E-state index contributed by atoms with van der Waals surface area (Å²) in [5, 5.41) is 6.08. The Kier molecular flexibility index (Phi) is 20.0. The number of nitrogens with zero attached hydrogens (tertiary/aromatic N) is 4. The van der Waals surface area contributed by atoms with Gasteiger partial charge in [-0.1, -0.05) is 88.9 Å². The molecule has 12 heteroatoms. The van der Waals surface area contributed by atoms with Crippen LogP contribution >= 0.6 is 57.6 Å². The van der Waals surface area contributed by atoms with Gasteiger partial charge in [0.2, 0.25) is 16.7 Å². The van der Waals surface area contributed by atoms with E-state index in [0.717, 1.165) is 41.7 Å². The highest BCUT2D eigenvalue weighted by atomic mass is 35.5. The summed E-state index contributed by atoms with van der Waals surface area (Å²) >= 11 is 17.2. The van der Waals surface area contributed by atoms with Crippen molar-refractivity contribution < 1.29 is 24.8 Å². The van der Waals surface area contributed by atoms with Gasteiger partial charge in [-0.2, -0.15) is 0 Å². The molecule has 56 heavy (non-hydrogen) atoms. The summed E-state index contributed by atoms with van der Waals surface area (Å²) in [5.74, 6) is 0. The average Bonchev–Trinajstić information content (AvgIpc) is 3.12. The van der Waals surface area contributed by atoms with Gasteiger partial charge in [-0.05, 0) is 72.8 Å². The summed E-state index contributed by atoms with van der Waals surface area (Å²) in [6.45, 7) is 0. The minimum Gasteiger partial charge on any atom is -1.00 e. The van der Waals surface area contributed by atoms with Crippen molar-refractivity contribution in [3.05, 3.63) is 137 Å². The number of hydrogen-bond donors (Lipinski definition) is 1. The topological polar surface area (TPSA) is 44.1 Å². The minimum absolute atomic E-state index is 0. The van der Waals surface area contributed by atoms with Gasteiger partial charge < -0.3 is 35.0 Å². The minimum atomic E-state index is 0. The molecule has 2 aliphatic heterocycles. The molecule has 0 fully saturated rings. The zero-order chi connectivity index (χ0) is 34.8. The highest BCUT2D eigenvalue weighted by Crippen LogP contribution is 2.43. The van der Waals surface area contributed by atoms with Crippen molar-refractivity contribution in [3.63, 3.8) is 0 Å². The van der Waals surface area contributed by atoms with E-state index in [0.29, 0.717) is 0 Å². The molecule has 1 N–H and O–H groups in total. The number of rotatable bonds is 1. The summed E-state index contributed by atoms with van der Waals surface area (Å²) < 4.78 is 5.48. The quantitative estimate of drug-likeness (QED) is 0.103. The van der Waals surface area contributed by atoms with Gasteiger partial charge >= 0.3 is 0 Å². The molecule has 0 bridgehead atoms. The highest BCUT2D eigenvalue weighted by molar-refractivity contribution is 7.99. The number of aromatic nitrogens is 2. The van der Waals surface area contributed by atoms with Crippen molar-refractivity contribution in [2.75, 3.05) is 38.4 Å². The van der Waals surface area contributed by atoms with E-state index in [1.807, 2.05) is 48.2 Å². The van der Waals surface area contributed by atoms with Crippen molar-refractivity contribution in [3.8, 4) is 10.6 Å². The molecule has 9 rings (SSSR count). The summed E-state index contributed by atoms with van der Waals surface area (Å²) in [6.07, 6.45) is 0. The van der Waals surface area contributed by atoms with Crippen LogP contribution in [0.2, 0.25) is 10.0 Å². The Labute approximate surface area is 367 Å². The van der Waals surface area contributed by atoms with E-state index < -0.39 is 0 Å². The van der Waals surface area contributed by atoms with Crippen molar-refractivity contribution >= 4 is 105 Å². The second kappa shape index (κ2) is 22.3. The van der Waals surface area contributed by atoms with E-state index in [2.05, 4.69) is 133 Å². The van der Waals surface area contributed by atoms with E-state index in [9.17, 15) is 0 Å². The van der Waals surface area contributed by atoms with E-state index in [1.165, 1.54) is 41.8 Å². The Morgan fingerprint density at radius 1 is 0.625 bits per heavy atom. The van der Waals surface area contributed by atoms with E-state index in [1.54, 1.807) is 22.7 Å². The molecule has 3 aliphatic rings. The van der Waals surface area contributed by atoms with Crippen LogP contribution < -0.4 is 45.0 Å². The van der Waals surface area contributed by atoms with Crippen molar-refractivity contribution in [2.24, 2.45) is 0 Å². The Morgan fingerprint density at radius 3 is 1.70 bits per heavy atom.